The Morgan fingerprint density at radius 2 is 2.29 bits per heavy atom. The first kappa shape index (κ1) is 15.2. The van der Waals surface area contributed by atoms with Crippen LogP contribution in [0.1, 0.15) is 18.9 Å². The highest BCUT2D eigenvalue weighted by molar-refractivity contribution is 5.83. The van der Waals surface area contributed by atoms with Gasteiger partial charge < -0.3 is 15.0 Å². The van der Waals surface area contributed by atoms with Crippen molar-refractivity contribution < 1.29 is 14.5 Å². The van der Waals surface area contributed by atoms with E-state index in [1.54, 1.807) is 24.1 Å². The van der Waals surface area contributed by atoms with Gasteiger partial charge >= 0.3 is 5.69 Å². The molecule has 1 saturated heterocycles. The third kappa shape index (κ3) is 3.49. The van der Waals surface area contributed by atoms with Crippen molar-refractivity contribution in [3.8, 4) is 5.75 Å². The van der Waals surface area contributed by atoms with Gasteiger partial charge in [0.15, 0.2) is 11.9 Å². The summed E-state index contributed by atoms with van der Waals surface area (Å²) in [6.07, 6.45) is -0.0905. The standard InChI is InChI=1S/C14H19N3O4/c1-3-15-9-10-4-5-11(17(19)20)13(8-10)21-12-6-7-16(2)14(12)18/h4-5,8,12,15H,3,6-7,9H2,1-2H3. The molecular formula is C14H19N3O4. The highest BCUT2D eigenvalue weighted by Gasteiger charge is 2.32. The third-order valence-electron chi connectivity index (χ3n) is 3.45. The van der Waals surface area contributed by atoms with Gasteiger partial charge in [-0.2, -0.15) is 0 Å². The maximum atomic E-state index is 11.9. The number of rotatable bonds is 6. The molecule has 21 heavy (non-hydrogen) atoms. The maximum absolute atomic E-state index is 11.9. The molecule has 1 unspecified atom stereocenters. The number of carbonyl (C=O) groups is 1. The lowest BCUT2D eigenvalue weighted by Gasteiger charge is -2.14. The molecule has 7 heteroatoms. The van der Waals surface area contributed by atoms with Crippen molar-refractivity contribution in [1.29, 1.82) is 0 Å². The smallest absolute Gasteiger partial charge is 0.310 e. The molecule has 0 aromatic heterocycles. The Labute approximate surface area is 123 Å². The van der Waals surface area contributed by atoms with Gasteiger partial charge in [-0.05, 0) is 18.2 Å². The van der Waals surface area contributed by atoms with Gasteiger partial charge in [0.1, 0.15) is 0 Å². The van der Waals surface area contributed by atoms with Crippen molar-refractivity contribution in [2.24, 2.45) is 0 Å². The Balaban J connectivity index is 2.22. The van der Waals surface area contributed by atoms with Crippen LogP contribution in [0.2, 0.25) is 0 Å². The van der Waals surface area contributed by atoms with E-state index in [2.05, 4.69) is 5.32 Å². The fraction of sp³-hybridized carbons (Fsp3) is 0.500. The zero-order valence-corrected chi connectivity index (χ0v) is 12.2. The largest absolute Gasteiger partial charge is 0.473 e. The molecule has 0 saturated carbocycles. The van der Waals surface area contributed by atoms with Gasteiger partial charge in [-0.3, -0.25) is 14.9 Å². The Kier molecular flexibility index (Phi) is 4.74. The predicted molar refractivity (Wildman–Crippen MR) is 77.1 cm³/mol. The van der Waals surface area contributed by atoms with Gasteiger partial charge in [0.2, 0.25) is 0 Å². The van der Waals surface area contributed by atoms with Gasteiger partial charge in [0.25, 0.3) is 5.91 Å². The zero-order valence-electron chi connectivity index (χ0n) is 12.2. The summed E-state index contributed by atoms with van der Waals surface area (Å²) >= 11 is 0. The first-order chi connectivity index (χ1) is 10.0. The van der Waals surface area contributed by atoms with E-state index in [-0.39, 0.29) is 17.3 Å². The van der Waals surface area contributed by atoms with E-state index in [0.29, 0.717) is 19.5 Å². The summed E-state index contributed by atoms with van der Waals surface area (Å²) in [5.74, 6) is 0.0189. The summed E-state index contributed by atoms with van der Waals surface area (Å²) in [5, 5.41) is 14.2. The SMILES string of the molecule is CCNCc1ccc([N+](=O)[O-])c(OC2CCN(C)C2=O)c1. The van der Waals surface area contributed by atoms with Gasteiger partial charge in [0.05, 0.1) is 4.92 Å². The average molecular weight is 293 g/mol. The Bertz CT molecular complexity index is 547. The second kappa shape index (κ2) is 6.53. The summed E-state index contributed by atoms with van der Waals surface area (Å²) < 4.78 is 5.61. The second-order valence-electron chi connectivity index (χ2n) is 4.99. The van der Waals surface area contributed by atoms with Crippen LogP contribution in [0.5, 0.6) is 5.75 Å². The van der Waals surface area contributed by atoms with Crippen molar-refractivity contribution in [3.05, 3.63) is 33.9 Å². The van der Waals surface area contributed by atoms with E-state index in [0.717, 1.165) is 12.1 Å². The summed E-state index contributed by atoms with van der Waals surface area (Å²) in [7, 11) is 1.70. The van der Waals surface area contributed by atoms with Crippen LogP contribution in [-0.2, 0) is 11.3 Å². The minimum atomic E-state index is -0.636. The molecule has 1 aromatic carbocycles. The summed E-state index contributed by atoms with van der Waals surface area (Å²) in [6.45, 7) is 3.99. The Hall–Kier alpha value is -2.15. The minimum Gasteiger partial charge on any atom is -0.473 e. The quantitative estimate of drug-likeness (QED) is 0.631. The topological polar surface area (TPSA) is 84.7 Å². The van der Waals surface area contributed by atoms with E-state index in [4.69, 9.17) is 4.74 Å². The average Bonchev–Trinajstić information content (AvgIpc) is 2.77. The predicted octanol–water partition coefficient (Wildman–Crippen LogP) is 1.31. The molecule has 0 aliphatic carbocycles. The summed E-state index contributed by atoms with van der Waals surface area (Å²) in [5.41, 5.74) is 0.772. The fourth-order valence-corrected chi connectivity index (χ4v) is 2.24. The van der Waals surface area contributed by atoms with E-state index in [1.807, 2.05) is 6.92 Å². The number of hydrogen-bond acceptors (Lipinski definition) is 5. The van der Waals surface area contributed by atoms with E-state index < -0.39 is 11.0 Å². The molecule has 0 bridgehead atoms. The maximum Gasteiger partial charge on any atom is 0.310 e. The van der Waals surface area contributed by atoms with E-state index >= 15 is 0 Å². The molecule has 1 aromatic rings. The lowest BCUT2D eigenvalue weighted by Crippen LogP contribution is -2.29. The Morgan fingerprint density at radius 3 is 2.86 bits per heavy atom. The molecule has 1 atom stereocenters. The van der Waals surface area contributed by atoms with Crippen LogP contribution < -0.4 is 10.1 Å². The van der Waals surface area contributed by atoms with Crippen LogP contribution in [0.3, 0.4) is 0 Å². The van der Waals surface area contributed by atoms with Crippen molar-refractivity contribution in [2.75, 3.05) is 20.1 Å². The monoisotopic (exact) mass is 293 g/mol. The molecule has 0 spiro atoms. The lowest BCUT2D eigenvalue weighted by atomic mass is 10.2. The third-order valence-corrected chi connectivity index (χ3v) is 3.45. The number of benzene rings is 1. The van der Waals surface area contributed by atoms with Gasteiger partial charge in [0, 0.05) is 32.6 Å². The highest BCUT2D eigenvalue weighted by atomic mass is 16.6. The number of ether oxygens (including phenoxy) is 1. The first-order valence-electron chi connectivity index (χ1n) is 6.92. The highest BCUT2D eigenvalue weighted by Crippen LogP contribution is 2.30. The van der Waals surface area contributed by atoms with Crippen molar-refractivity contribution in [1.82, 2.24) is 10.2 Å². The molecule has 1 heterocycles. The summed E-state index contributed by atoms with van der Waals surface area (Å²) in [4.78, 5) is 24.0. The number of nitrogens with one attached hydrogen (secondary N) is 1. The number of carbonyl (C=O) groups excluding carboxylic acids is 1. The van der Waals surface area contributed by atoms with Crippen molar-refractivity contribution in [2.45, 2.75) is 26.0 Å². The molecular weight excluding hydrogens is 274 g/mol. The first-order valence-corrected chi connectivity index (χ1v) is 6.92. The normalized spacial score (nSPS) is 18.1. The van der Waals surface area contributed by atoms with E-state index in [1.165, 1.54) is 6.07 Å². The van der Waals surface area contributed by atoms with Gasteiger partial charge in [-0.15, -0.1) is 0 Å². The minimum absolute atomic E-state index is 0.113. The van der Waals surface area contributed by atoms with Crippen LogP contribution in [0.25, 0.3) is 0 Å². The molecule has 1 N–H and O–H groups in total. The van der Waals surface area contributed by atoms with Gasteiger partial charge in [-0.1, -0.05) is 13.0 Å². The Morgan fingerprint density at radius 1 is 1.52 bits per heavy atom. The van der Waals surface area contributed by atoms with Crippen molar-refractivity contribution in [3.63, 3.8) is 0 Å². The molecule has 2 rings (SSSR count). The number of nitro benzene ring substituents is 1. The molecule has 1 amide bonds. The van der Waals surface area contributed by atoms with Gasteiger partial charge in [-0.25, -0.2) is 0 Å². The number of nitrogens with zero attached hydrogens (tertiary/aromatic N) is 2. The second-order valence-corrected chi connectivity index (χ2v) is 4.99. The van der Waals surface area contributed by atoms with Crippen LogP contribution in [0, 0.1) is 10.1 Å². The molecule has 1 aliphatic heterocycles. The molecule has 1 aliphatic rings. The number of likely N-dealkylation sites (N-methyl/N-ethyl adjacent to an activating group) is 1. The lowest BCUT2D eigenvalue weighted by molar-refractivity contribution is -0.386. The van der Waals surface area contributed by atoms with E-state index in [9.17, 15) is 14.9 Å². The van der Waals surface area contributed by atoms with Crippen LogP contribution in [0.4, 0.5) is 5.69 Å². The summed E-state index contributed by atoms with van der Waals surface area (Å²) in [6, 6.07) is 4.74. The number of nitro groups is 1. The van der Waals surface area contributed by atoms with Crippen LogP contribution in [0.15, 0.2) is 18.2 Å². The molecule has 7 nitrogen and oxygen atoms in total. The zero-order chi connectivity index (χ0) is 15.4. The number of amides is 1. The molecule has 1 fully saturated rings. The van der Waals surface area contributed by atoms with Crippen molar-refractivity contribution >= 4 is 11.6 Å². The number of likely N-dealkylation sites (tertiary alicyclic amines) is 1. The number of hydrogen-bond donors (Lipinski definition) is 1. The van der Waals surface area contributed by atoms with Crippen LogP contribution in [-0.4, -0.2) is 42.0 Å². The fourth-order valence-electron chi connectivity index (χ4n) is 2.24. The molecule has 114 valence electrons. The van der Waals surface area contributed by atoms with Crippen LogP contribution >= 0.6 is 0 Å². The molecule has 0 radical (unpaired) electrons.